The standard InChI is InChI=1S/C37H47N7O5S.ClH/c1-24-10-7-11-25(2)34(24)31-19-33(42-36(41-31)43-50(47,48)30-15-8-12-26(18-30)35(45)46)49-23-27(16-17-37(3,4)5)39-21-28-20-38-22-32(40-28)44(6)29-13-9-14-29;/h7-8,10-12,15,18-20,22,27,29,39H,9,13-14,16-17,21,23H2,1-6H3,(H,45,46)(H,41,42,43);1H/t27-;/m1./s1. The number of ether oxygens (including phenoxy) is 1. The van der Waals surface area contributed by atoms with Gasteiger partial charge in [-0.05, 0) is 80.7 Å². The largest absolute Gasteiger partial charge is 0.478 e. The molecule has 3 N–H and O–H groups in total. The highest BCUT2D eigenvalue weighted by atomic mass is 35.5. The Morgan fingerprint density at radius 1 is 1.04 bits per heavy atom. The van der Waals surface area contributed by atoms with Gasteiger partial charge in [-0.15, -0.1) is 12.4 Å². The van der Waals surface area contributed by atoms with E-state index in [2.05, 4.69) is 57.7 Å². The van der Waals surface area contributed by atoms with Crippen molar-refractivity contribution >= 4 is 40.2 Å². The van der Waals surface area contributed by atoms with Crippen LogP contribution in [-0.4, -0.2) is 65.2 Å². The minimum absolute atomic E-state index is 0. The summed E-state index contributed by atoms with van der Waals surface area (Å²) in [6.07, 6.45) is 8.91. The number of sulfonamides is 1. The molecule has 14 heteroatoms. The first-order valence-electron chi connectivity index (χ1n) is 16.9. The van der Waals surface area contributed by atoms with Gasteiger partial charge in [-0.25, -0.2) is 27.9 Å². The first-order chi connectivity index (χ1) is 23.7. The Morgan fingerprint density at radius 3 is 2.39 bits per heavy atom. The predicted molar refractivity (Wildman–Crippen MR) is 201 cm³/mol. The molecule has 0 unspecified atom stereocenters. The Morgan fingerprint density at radius 2 is 1.75 bits per heavy atom. The van der Waals surface area contributed by atoms with Gasteiger partial charge >= 0.3 is 5.97 Å². The second kappa shape index (κ2) is 16.8. The molecule has 0 radical (unpaired) electrons. The summed E-state index contributed by atoms with van der Waals surface area (Å²) in [7, 11) is -2.17. The molecule has 2 aromatic carbocycles. The Labute approximate surface area is 307 Å². The number of aromatic carboxylic acids is 1. The number of nitrogens with one attached hydrogen (secondary N) is 2. The zero-order valence-corrected chi connectivity index (χ0v) is 31.6. The minimum atomic E-state index is -4.24. The molecule has 1 fully saturated rings. The van der Waals surface area contributed by atoms with Crippen LogP contribution in [0.3, 0.4) is 0 Å². The SMILES string of the molecule is Cc1cccc(C)c1-c1cc(OC[C@@H](CCC(C)(C)C)NCc2cncc(N(C)C3CCC3)n2)nc(NS(=O)(=O)c2cccc(C(=O)O)c2)n1.Cl. The zero-order chi connectivity index (χ0) is 36.1. The van der Waals surface area contributed by atoms with E-state index in [0.717, 1.165) is 47.1 Å². The summed E-state index contributed by atoms with van der Waals surface area (Å²) in [5, 5.41) is 13.0. The highest BCUT2D eigenvalue weighted by Crippen LogP contribution is 2.30. The van der Waals surface area contributed by atoms with Crippen LogP contribution >= 0.6 is 12.4 Å². The Kier molecular flexibility index (Phi) is 13.0. The van der Waals surface area contributed by atoms with Crippen molar-refractivity contribution in [3.63, 3.8) is 0 Å². The molecular formula is C37H48ClN7O5S. The van der Waals surface area contributed by atoms with E-state index in [1.54, 1.807) is 18.5 Å². The second-order valence-electron chi connectivity index (χ2n) is 14.2. The van der Waals surface area contributed by atoms with Crippen molar-refractivity contribution in [3.05, 3.63) is 83.3 Å². The molecule has 2 heterocycles. The fourth-order valence-corrected chi connectivity index (χ4v) is 6.75. The van der Waals surface area contributed by atoms with Crippen LogP contribution < -0.4 is 19.7 Å². The third-order valence-electron chi connectivity index (χ3n) is 8.96. The molecule has 5 rings (SSSR count). The number of hydrogen-bond acceptors (Lipinski definition) is 10. The van der Waals surface area contributed by atoms with Gasteiger partial charge in [-0.3, -0.25) is 4.98 Å². The molecule has 274 valence electrons. The highest BCUT2D eigenvalue weighted by Gasteiger charge is 2.24. The summed E-state index contributed by atoms with van der Waals surface area (Å²) >= 11 is 0. The third-order valence-corrected chi connectivity index (χ3v) is 10.3. The van der Waals surface area contributed by atoms with Crippen LogP contribution in [0.4, 0.5) is 11.8 Å². The first kappa shape index (κ1) is 39.5. The highest BCUT2D eigenvalue weighted by molar-refractivity contribution is 7.92. The maximum atomic E-state index is 13.4. The normalized spacial score (nSPS) is 13.8. The second-order valence-corrected chi connectivity index (χ2v) is 15.9. The molecule has 0 spiro atoms. The van der Waals surface area contributed by atoms with Gasteiger partial charge in [0.1, 0.15) is 12.4 Å². The lowest BCUT2D eigenvalue weighted by Gasteiger charge is -2.35. The predicted octanol–water partition coefficient (Wildman–Crippen LogP) is 6.82. The van der Waals surface area contributed by atoms with Crippen molar-refractivity contribution in [2.24, 2.45) is 5.41 Å². The van der Waals surface area contributed by atoms with Crippen molar-refractivity contribution in [1.29, 1.82) is 0 Å². The number of hydrogen-bond donors (Lipinski definition) is 3. The molecular weight excluding hydrogens is 690 g/mol. The molecule has 1 atom stereocenters. The fourth-order valence-electron chi connectivity index (χ4n) is 5.76. The van der Waals surface area contributed by atoms with E-state index < -0.39 is 16.0 Å². The lowest BCUT2D eigenvalue weighted by Crippen LogP contribution is -2.38. The molecule has 0 amide bonds. The van der Waals surface area contributed by atoms with Crippen LogP contribution in [-0.2, 0) is 16.6 Å². The maximum absolute atomic E-state index is 13.4. The van der Waals surface area contributed by atoms with Crippen LogP contribution in [0.1, 0.15) is 80.1 Å². The van der Waals surface area contributed by atoms with Crippen LogP contribution in [0.15, 0.2) is 65.8 Å². The summed E-state index contributed by atoms with van der Waals surface area (Å²) in [6, 6.07) is 13.1. The fraction of sp³-hybridized carbons (Fsp3) is 0.432. The van der Waals surface area contributed by atoms with Gasteiger partial charge < -0.3 is 20.1 Å². The summed E-state index contributed by atoms with van der Waals surface area (Å²) in [4.78, 5) is 31.8. The average molecular weight is 738 g/mol. The smallest absolute Gasteiger partial charge is 0.335 e. The first-order valence-corrected chi connectivity index (χ1v) is 18.4. The maximum Gasteiger partial charge on any atom is 0.335 e. The molecule has 1 aliphatic carbocycles. The number of aromatic nitrogens is 4. The van der Waals surface area contributed by atoms with Gasteiger partial charge in [-0.1, -0.05) is 45.0 Å². The lowest BCUT2D eigenvalue weighted by atomic mass is 9.89. The topological polar surface area (TPSA) is 160 Å². The minimum Gasteiger partial charge on any atom is -0.478 e. The molecule has 4 aromatic rings. The summed E-state index contributed by atoms with van der Waals surface area (Å²) in [5.74, 6) is -0.369. The number of carbonyl (C=O) groups is 1. The van der Waals surface area contributed by atoms with Crippen molar-refractivity contribution in [3.8, 4) is 17.1 Å². The molecule has 0 bridgehead atoms. The van der Waals surface area contributed by atoms with E-state index in [0.29, 0.717) is 18.3 Å². The van der Waals surface area contributed by atoms with E-state index in [4.69, 9.17) is 9.72 Å². The Hall–Kier alpha value is -4.33. The monoisotopic (exact) mass is 737 g/mol. The molecule has 1 aliphatic rings. The molecule has 2 aromatic heterocycles. The molecule has 0 saturated heterocycles. The number of anilines is 2. The molecule has 51 heavy (non-hydrogen) atoms. The van der Waals surface area contributed by atoms with Crippen LogP contribution in [0.25, 0.3) is 11.3 Å². The lowest BCUT2D eigenvalue weighted by molar-refractivity contribution is 0.0696. The zero-order valence-electron chi connectivity index (χ0n) is 30.0. The Bertz CT molecular complexity index is 1910. The van der Waals surface area contributed by atoms with Crippen LogP contribution in [0, 0.1) is 19.3 Å². The number of nitrogens with zero attached hydrogens (tertiary/aromatic N) is 5. The van der Waals surface area contributed by atoms with Gasteiger partial charge in [0.2, 0.25) is 11.8 Å². The van der Waals surface area contributed by atoms with Crippen LogP contribution in [0.2, 0.25) is 0 Å². The average Bonchev–Trinajstić information content (AvgIpc) is 3.03. The summed E-state index contributed by atoms with van der Waals surface area (Å²) in [6.45, 7) is 11.3. The number of rotatable bonds is 15. The van der Waals surface area contributed by atoms with E-state index in [1.807, 2.05) is 32.0 Å². The van der Waals surface area contributed by atoms with Crippen molar-refractivity contribution in [2.75, 3.05) is 23.3 Å². The molecule has 1 saturated carbocycles. The van der Waals surface area contributed by atoms with Gasteiger partial charge in [0.15, 0.2) is 0 Å². The van der Waals surface area contributed by atoms with E-state index in [9.17, 15) is 18.3 Å². The number of aryl methyl sites for hydroxylation is 2. The number of benzene rings is 2. The van der Waals surface area contributed by atoms with Crippen molar-refractivity contribution < 1.29 is 23.1 Å². The molecule has 0 aliphatic heterocycles. The van der Waals surface area contributed by atoms with Gasteiger partial charge in [0, 0.05) is 43.5 Å². The third kappa shape index (κ3) is 10.6. The van der Waals surface area contributed by atoms with Crippen molar-refractivity contribution in [2.45, 2.75) is 90.2 Å². The Balaban J connectivity index is 0.00000583. The number of carboxylic acid groups (broad SMARTS) is 1. The van der Waals surface area contributed by atoms with Crippen molar-refractivity contribution in [1.82, 2.24) is 25.3 Å². The van der Waals surface area contributed by atoms with Crippen LogP contribution in [0.5, 0.6) is 5.88 Å². The number of halogens is 1. The summed E-state index contributed by atoms with van der Waals surface area (Å²) in [5.41, 5.74) is 4.00. The van der Waals surface area contributed by atoms with E-state index in [-0.39, 0.29) is 52.8 Å². The van der Waals surface area contributed by atoms with E-state index >= 15 is 0 Å². The summed E-state index contributed by atoms with van der Waals surface area (Å²) < 4.78 is 35.6. The number of carboxylic acids is 1. The van der Waals surface area contributed by atoms with E-state index in [1.165, 1.54) is 37.5 Å². The van der Waals surface area contributed by atoms with Gasteiger partial charge in [0.25, 0.3) is 10.0 Å². The molecule has 12 nitrogen and oxygen atoms in total. The van der Waals surface area contributed by atoms with Gasteiger partial charge in [0.05, 0.1) is 28.0 Å². The quantitative estimate of drug-likeness (QED) is 0.117. The van der Waals surface area contributed by atoms with Gasteiger partial charge in [-0.2, -0.15) is 4.98 Å².